The lowest BCUT2D eigenvalue weighted by Crippen LogP contribution is -2.23. The smallest absolute Gasteiger partial charge is 0.253 e. The number of hydrogen-bond donors (Lipinski definition) is 1. The van der Waals surface area contributed by atoms with Crippen LogP contribution in [0.5, 0.6) is 5.75 Å². The van der Waals surface area contributed by atoms with Gasteiger partial charge in [-0.15, -0.1) is 0 Å². The van der Waals surface area contributed by atoms with Crippen LogP contribution in [0.15, 0.2) is 36.4 Å². The Morgan fingerprint density at radius 1 is 1.17 bits per heavy atom. The minimum Gasteiger partial charge on any atom is -0.505 e. The Morgan fingerprint density at radius 3 is 2.41 bits per heavy atom. The number of aryl methyl sites for hydroxylation is 1. The van der Waals surface area contributed by atoms with Gasteiger partial charge >= 0.3 is 0 Å². The third kappa shape index (κ3) is 3.88. The van der Waals surface area contributed by atoms with Crippen LogP contribution in [0.3, 0.4) is 0 Å². The summed E-state index contributed by atoms with van der Waals surface area (Å²) in [6.45, 7) is 4.06. The number of Topliss-reactive ketones (excluding diaryl/α,β-unsaturated/α-hetero) is 1. The lowest BCUT2D eigenvalue weighted by Gasteiger charge is -2.16. The molecule has 6 nitrogen and oxygen atoms in total. The largest absolute Gasteiger partial charge is 0.505 e. The first-order valence-electron chi connectivity index (χ1n) is 9.73. The normalized spacial score (nSPS) is 11.2. The van der Waals surface area contributed by atoms with Gasteiger partial charge in [-0.3, -0.25) is 9.59 Å². The van der Waals surface area contributed by atoms with Crippen molar-refractivity contribution in [2.75, 3.05) is 14.1 Å². The van der Waals surface area contributed by atoms with E-state index in [2.05, 4.69) is 4.98 Å². The molecule has 1 heterocycles. The Balaban J connectivity index is 2.08. The molecule has 1 N–H and O–H groups in total. The van der Waals surface area contributed by atoms with E-state index in [0.717, 1.165) is 5.82 Å². The Morgan fingerprint density at radius 2 is 1.83 bits per heavy atom. The predicted octanol–water partition coefficient (Wildman–Crippen LogP) is 3.92. The van der Waals surface area contributed by atoms with Crippen molar-refractivity contribution < 1.29 is 14.7 Å². The summed E-state index contributed by atoms with van der Waals surface area (Å²) in [6, 6.07) is 10.8. The van der Waals surface area contributed by atoms with Crippen LogP contribution in [0.4, 0.5) is 0 Å². The molecule has 0 fully saturated rings. The molecule has 0 aliphatic heterocycles. The Hall–Kier alpha value is -3.15. The number of nitrogens with zero attached hydrogens (tertiary/aromatic N) is 3. The second-order valence-corrected chi connectivity index (χ2v) is 7.79. The van der Waals surface area contributed by atoms with Gasteiger partial charge in [-0.25, -0.2) is 4.98 Å². The van der Waals surface area contributed by atoms with Crippen LogP contribution in [-0.2, 0) is 13.5 Å². The van der Waals surface area contributed by atoms with E-state index in [0.29, 0.717) is 27.7 Å². The van der Waals surface area contributed by atoms with Crippen molar-refractivity contribution in [1.29, 1.82) is 0 Å². The van der Waals surface area contributed by atoms with Crippen LogP contribution in [0, 0.1) is 0 Å². The summed E-state index contributed by atoms with van der Waals surface area (Å²) in [5.41, 5.74) is 2.66. The molecule has 6 heteroatoms. The third-order valence-electron chi connectivity index (χ3n) is 5.14. The van der Waals surface area contributed by atoms with E-state index in [9.17, 15) is 14.7 Å². The minimum atomic E-state index is -0.211. The zero-order valence-corrected chi connectivity index (χ0v) is 17.6. The van der Waals surface area contributed by atoms with Crippen molar-refractivity contribution in [3.05, 3.63) is 58.9 Å². The van der Waals surface area contributed by atoms with Gasteiger partial charge in [0, 0.05) is 50.2 Å². The number of benzene rings is 2. The Labute approximate surface area is 170 Å². The molecule has 0 unspecified atom stereocenters. The van der Waals surface area contributed by atoms with Crippen molar-refractivity contribution in [3.63, 3.8) is 0 Å². The number of carbonyl (C=O) groups excluding carboxylic acids is 2. The van der Waals surface area contributed by atoms with E-state index >= 15 is 0 Å². The maximum atomic E-state index is 12.8. The molecule has 152 valence electrons. The highest BCUT2D eigenvalue weighted by Gasteiger charge is 2.24. The molecule has 0 aliphatic rings. The molecule has 3 rings (SSSR count). The third-order valence-corrected chi connectivity index (χ3v) is 5.14. The highest BCUT2D eigenvalue weighted by molar-refractivity contribution is 6.02. The number of rotatable bonds is 6. The van der Waals surface area contributed by atoms with Crippen molar-refractivity contribution >= 4 is 22.7 Å². The maximum absolute atomic E-state index is 12.8. The summed E-state index contributed by atoms with van der Waals surface area (Å²) >= 11 is 0. The molecule has 0 saturated carbocycles. The van der Waals surface area contributed by atoms with Crippen LogP contribution in [0.25, 0.3) is 11.0 Å². The first kappa shape index (κ1) is 20.6. The number of phenolic OH excluding ortho intramolecular Hbond substituents is 1. The van der Waals surface area contributed by atoms with E-state index in [1.807, 2.05) is 43.7 Å². The summed E-state index contributed by atoms with van der Waals surface area (Å²) in [7, 11) is 5.23. The summed E-state index contributed by atoms with van der Waals surface area (Å²) in [6.07, 6.45) is 0.457. The van der Waals surface area contributed by atoms with E-state index in [1.54, 1.807) is 32.3 Å². The summed E-state index contributed by atoms with van der Waals surface area (Å²) in [5.74, 6) is 0.740. The van der Waals surface area contributed by atoms with Gasteiger partial charge in [-0.05, 0) is 12.5 Å². The topological polar surface area (TPSA) is 75.4 Å². The maximum Gasteiger partial charge on any atom is 0.253 e. The molecular formula is C23H27N3O3. The molecular weight excluding hydrogens is 366 g/mol. The van der Waals surface area contributed by atoms with Crippen molar-refractivity contribution in [1.82, 2.24) is 14.5 Å². The molecule has 0 bridgehead atoms. The fourth-order valence-corrected chi connectivity index (χ4v) is 3.57. The van der Waals surface area contributed by atoms with Crippen LogP contribution in [-0.4, -0.2) is 45.3 Å². The van der Waals surface area contributed by atoms with Gasteiger partial charge in [-0.2, -0.15) is 0 Å². The first-order valence-corrected chi connectivity index (χ1v) is 9.73. The number of aromatic nitrogens is 2. The standard InChI is InChI=1S/C23H27N3O3/c1-14(2)22-24-20-18(26(22)5)13-17(23(29)25(3)4)16(21(20)28)11-12-19(27)15-9-7-6-8-10-15/h6-10,13-14,28H,11-12H2,1-5H3. The second-order valence-electron chi connectivity index (χ2n) is 7.79. The lowest BCUT2D eigenvalue weighted by molar-refractivity contribution is 0.0825. The average Bonchev–Trinajstić information content (AvgIpc) is 3.04. The lowest BCUT2D eigenvalue weighted by atomic mass is 9.96. The fourth-order valence-electron chi connectivity index (χ4n) is 3.57. The number of imidazole rings is 1. The van der Waals surface area contributed by atoms with E-state index in [-0.39, 0.29) is 36.2 Å². The number of phenols is 1. The van der Waals surface area contributed by atoms with Gasteiger partial charge in [0.05, 0.1) is 5.52 Å². The molecule has 29 heavy (non-hydrogen) atoms. The van der Waals surface area contributed by atoms with Crippen molar-refractivity contribution in [2.45, 2.75) is 32.6 Å². The number of ketones is 1. The molecule has 1 amide bonds. The molecule has 1 aromatic heterocycles. The van der Waals surface area contributed by atoms with Crippen LogP contribution >= 0.6 is 0 Å². The molecule has 0 spiro atoms. The van der Waals surface area contributed by atoms with Gasteiger partial charge in [0.2, 0.25) is 0 Å². The number of carbonyl (C=O) groups is 2. The minimum absolute atomic E-state index is 0.0175. The summed E-state index contributed by atoms with van der Waals surface area (Å²) in [4.78, 5) is 31.5. The summed E-state index contributed by atoms with van der Waals surface area (Å²) in [5, 5.41) is 11.0. The molecule has 0 atom stereocenters. The molecule has 3 aromatic rings. The summed E-state index contributed by atoms with van der Waals surface area (Å²) < 4.78 is 1.91. The quantitative estimate of drug-likeness (QED) is 0.644. The second kappa shape index (κ2) is 8.07. The molecule has 2 aromatic carbocycles. The van der Waals surface area contributed by atoms with E-state index < -0.39 is 0 Å². The number of hydrogen-bond acceptors (Lipinski definition) is 4. The number of amides is 1. The predicted molar refractivity (Wildman–Crippen MR) is 114 cm³/mol. The van der Waals surface area contributed by atoms with Crippen LogP contribution in [0.1, 0.15) is 58.3 Å². The fraction of sp³-hybridized carbons (Fsp3) is 0.348. The van der Waals surface area contributed by atoms with Crippen LogP contribution < -0.4 is 0 Å². The SMILES string of the molecule is CC(C)c1nc2c(O)c(CCC(=O)c3ccccc3)c(C(=O)N(C)C)cc2n1C. The van der Waals surface area contributed by atoms with E-state index in [1.165, 1.54) is 4.90 Å². The van der Waals surface area contributed by atoms with Gasteiger partial charge in [0.1, 0.15) is 17.1 Å². The molecule has 0 radical (unpaired) electrons. The van der Waals surface area contributed by atoms with E-state index in [4.69, 9.17) is 0 Å². The highest BCUT2D eigenvalue weighted by atomic mass is 16.3. The zero-order valence-electron chi connectivity index (χ0n) is 17.6. The number of fused-ring (bicyclic) bond motifs is 1. The average molecular weight is 393 g/mol. The van der Waals surface area contributed by atoms with Gasteiger partial charge in [0.25, 0.3) is 5.91 Å². The van der Waals surface area contributed by atoms with Crippen LogP contribution in [0.2, 0.25) is 0 Å². The van der Waals surface area contributed by atoms with Gasteiger partial charge in [-0.1, -0.05) is 44.2 Å². The highest BCUT2D eigenvalue weighted by Crippen LogP contribution is 2.34. The Bertz CT molecular complexity index is 1070. The first-order chi connectivity index (χ1) is 13.7. The Kier molecular flexibility index (Phi) is 5.73. The van der Waals surface area contributed by atoms with Gasteiger partial charge in [0.15, 0.2) is 5.78 Å². The molecule has 0 saturated heterocycles. The zero-order chi connectivity index (χ0) is 21.3. The monoisotopic (exact) mass is 393 g/mol. The van der Waals surface area contributed by atoms with Crippen molar-refractivity contribution in [3.8, 4) is 5.75 Å². The number of aromatic hydroxyl groups is 1. The van der Waals surface area contributed by atoms with Gasteiger partial charge < -0.3 is 14.6 Å². The molecule has 0 aliphatic carbocycles. The van der Waals surface area contributed by atoms with Crippen molar-refractivity contribution in [2.24, 2.45) is 7.05 Å².